The van der Waals surface area contributed by atoms with Crippen molar-refractivity contribution < 1.29 is 23.9 Å². The third-order valence-corrected chi connectivity index (χ3v) is 8.87. The van der Waals surface area contributed by atoms with Crippen molar-refractivity contribution in [2.24, 2.45) is 5.92 Å². The summed E-state index contributed by atoms with van der Waals surface area (Å²) in [6.07, 6.45) is 1.77. The molecule has 1 N–H and O–H groups in total. The molecule has 11 heteroatoms. The van der Waals surface area contributed by atoms with E-state index in [4.69, 9.17) is 4.74 Å². The maximum absolute atomic E-state index is 13.5. The predicted octanol–water partition coefficient (Wildman–Crippen LogP) is 6.24. The molecule has 0 aliphatic rings. The lowest BCUT2D eigenvalue weighted by Crippen LogP contribution is -2.31. The van der Waals surface area contributed by atoms with Gasteiger partial charge in [-0.3, -0.25) is 19.2 Å². The SMILES string of the molecule is CC(=O)N(C)c1c(I)c(C(=O)Nc2ccc(CCCC(=O)OCC(C)C)cc2)c(I)c(N(C)C(C)=O)c1I. The van der Waals surface area contributed by atoms with E-state index >= 15 is 0 Å². The van der Waals surface area contributed by atoms with E-state index in [-0.39, 0.29) is 23.7 Å². The summed E-state index contributed by atoms with van der Waals surface area (Å²) in [6.45, 7) is 7.34. The summed E-state index contributed by atoms with van der Waals surface area (Å²) in [5, 5.41) is 2.95. The van der Waals surface area contributed by atoms with Crippen LogP contribution in [0.2, 0.25) is 0 Å². The highest BCUT2D eigenvalue weighted by molar-refractivity contribution is 14.1. The highest BCUT2D eigenvalue weighted by Gasteiger charge is 2.29. The van der Waals surface area contributed by atoms with Crippen LogP contribution in [0, 0.1) is 16.6 Å². The minimum atomic E-state index is -0.341. The number of anilines is 3. The number of amides is 3. The minimum Gasteiger partial charge on any atom is -0.465 e. The normalized spacial score (nSPS) is 10.8. The van der Waals surface area contributed by atoms with Gasteiger partial charge in [0, 0.05) is 40.1 Å². The van der Waals surface area contributed by atoms with E-state index in [9.17, 15) is 19.2 Å². The summed E-state index contributed by atoms with van der Waals surface area (Å²) in [5.74, 6) is -0.584. The molecule has 0 radical (unpaired) electrons. The van der Waals surface area contributed by atoms with Crippen LogP contribution in [-0.4, -0.2) is 44.4 Å². The number of aryl methyl sites for hydroxylation is 1. The van der Waals surface area contributed by atoms with Crippen LogP contribution in [0.5, 0.6) is 0 Å². The van der Waals surface area contributed by atoms with Crippen molar-refractivity contribution in [1.82, 2.24) is 0 Å². The molecular weight excluding hydrogens is 827 g/mol. The number of carbonyl (C=O) groups excluding carboxylic acids is 4. The Balaban J connectivity index is 2.27. The number of nitrogens with zero attached hydrogens (tertiary/aromatic N) is 2. The predicted molar refractivity (Wildman–Crippen MR) is 176 cm³/mol. The lowest BCUT2D eigenvalue weighted by Gasteiger charge is -2.27. The van der Waals surface area contributed by atoms with Crippen LogP contribution >= 0.6 is 67.8 Å². The molecule has 0 fully saturated rings. The van der Waals surface area contributed by atoms with Gasteiger partial charge in [0.05, 0.1) is 34.3 Å². The summed E-state index contributed by atoms with van der Waals surface area (Å²) in [6, 6.07) is 7.48. The molecule has 0 saturated heterocycles. The van der Waals surface area contributed by atoms with Gasteiger partial charge < -0.3 is 19.9 Å². The third-order valence-electron chi connectivity index (χ3n) is 5.75. The molecule has 0 atom stereocenters. The fourth-order valence-electron chi connectivity index (χ4n) is 3.46. The second-order valence-corrected chi connectivity index (χ2v) is 12.5. The Labute approximate surface area is 265 Å². The van der Waals surface area contributed by atoms with Gasteiger partial charge in [-0.2, -0.15) is 0 Å². The Morgan fingerprint density at radius 3 is 1.82 bits per heavy atom. The van der Waals surface area contributed by atoms with E-state index in [1.165, 1.54) is 23.6 Å². The first kappa shape index (κ1) is 32.7. The van der Waals surface area contributed by atoms with Crippen LogP contribution in [0.25, 0.3) is 0 Å². The van der Waals surface area contributed by atoms with Crippen molar-refractivity contribution >= 4 is 109 Å². The molecule has 0 spiro atoms. The van der Waals surface area contributed by atoms with Crippen LogP contribution < -0.4 is 15.1 Å². The van der Waals surface area contributed by atoms with Gasteiger partial charge in [0.25, 0.3) is 5.91 Å². The summed E-state index contributed by atoms with van der Waals surface area (Å²) in [7, 11) is 3.30. The molecule has 0 aliphatic heterocycles. The first-order valence-electron chi connectivity index (χ1n) is 12.0. The second kappa shape index (κ2) is 14.8. The largest absolute Gasteiger partial charge is 0.465 e. The molecule has 206 valence electrons. The first-order chi connectivity index (χ1) is 17.8. The Morgan fingerprint density at radius 2 is 1.37 bits per heavy atom. The number of ether oxygens (including phenoxy) is 1. The van der Waals surface area contributed by atoms with Gasteiger partial charge in [0.15, 0.2) is 0 Å². The van der Waals surface area contributed by atoms with Crippen LogP contribution in [0.3, 0.4) is 0 Å². The summed E-state index contributed by atoms with van der Waals surface area (Å²) in [5.41, 5.74) is 3.21. The second-order valence-electron chi connectivity index (χ2n) is 9.25. The van der Waals surface area contributed by atoms with Gasteiger partial charge in [-0.15, -0.1) is 0 Å². The number of benzene rings is 2. The van der Waals surface area contributed by atoms with Crippen LogP contribution in [-0.2, 0) is 25.5 Å². The topological polar surface area (TPSA) is 96.0 Å². The van der Waals surface area contributed by atoms with E-state index in [0.717, 1.165) is 12.0 Å². The zero-order chi connectivity index (χ0) is 28.7. The smallest absolute Gasteiger partial charge is 0.305 e. The Bertz CT molecular complexity index is 1170. The molecule has 0 heterocycles. The minimum absolute atomic E-state index is 0.186. The maximum Gasteiger partial charge on any atom is 0.305 e. The average Bonchev–Trinajstić information content (AvgIpc) is 2.83. The number of carbonyl (C=O) groups is 4. The molecule has 38 heavy (non-hydrogen) atoms. The zero-order valence-electron chi connectivity index (χ0n) is 22.3. The van der Waals surface area contributed by atoms with E-state index in [1.54, 1.807) is 14.1 Å². The fourth-order valence-corrected chi connectivity index (χ4v) is 8.56. The summed E-state index contributed by atoms with van der Waals surface area (Å²) in [4.78, 5) is 52.8. The Morgan fingerprint density at radius 1 is 0.868 bits per heavy atom. The zero-order valence-corrected chi connectivity index (χ0v) is 28.8. The van der Waals surface area contributed by atoms with Crippen LogP contribution in [0.1, 0.15) is 56.5 Å². The van der Waals surface area contributed by atoms with Gasteiger partial charge >= 0.3 is 5.97 Å². The van der Waals surface area contributed by atoms with E-state index < -0.39 is 0 Å². The molecule has 0 aliphatic carbocycles. The lowest BCUT2D eigenvalue weighted by atomic mass is 10.1. The number of hydrogen-bond donors (Lipinski definition) is 1. The van der Waals surface area contributed by atoms with E-state index in [0.29, 0.717) is 58.7 Å². The van der Waals surface area contributed by atoms with Crippen molar-refractivity contribution in [3.63, 3.8) is 0 Å². The van der Waals surface area contributed by atoms with Crippen LogP contribution in [0.4, 0.5) is 17.1 Å². The number of esters is 1. The first-order valence-corrected chi connectivity index (χ1v) is 15.2. The van der Waals surface area contributed by atoms with Gasteiger partial charge in [-0.1, -0.05) is 26.0 Å². The Hall–Kier alpha value is -1.49. The number of hydrogen-bond acceptors (Lipinski definition) is 5. The fraction of sp³-hybridized carbons (Fsp3) is 0.407. The molecule has 0 aromatic heterocycles. The molecule has 2 aromatic rings. The molecule has 0 bridgehead atoms. The molecule has 8 nitrogen and oxygen atoms in total. The Kier molecular flexibility index (Phi) is 12.7. The highest BCUT2D eigenvalue weighted by atomic mass is 127. The molecule has 3 amide bonds. The molecular formula is C27H32I3N3O5. The van der Waals surface area contributed by atoms with E-state index in [1.807, 2.05) is 38.1 Å². The number of nitrogens with one attached hydrogen (secondary N) is 1. The van der Waals surface area contributed by atoms with E-state index in [2.05, 4.69) is 73.1 Å². The lowest BCUT2D eigenvalue weighted by molar-refractivity contribution is -0.144. The third kappa shape index (κ3) is 8.50. The van der Waals surface area contributed by atoms with Gasteiger partial charge in [-0.05, 0) is 104 Å². The average molecular weight is 859 g/mol. The standard InChI is InChI=1S/C27H32I3N3O5/c1-15(2)14-38-20(36)9-7-8-18-10-12-19(13-11-18)31-27(37)21-22(28)25(32(5)16(3)34)24(30)26(23(21)29)33(6)17(4)35/h10-13,15H,7-9,14H2,1-6H3,(H,31,37). The monoisotopic (exact) mass is 859 g/mol. The molecule has 0 saturated carbocycles. The highest BCUT2D eigenvalue weighted by Crippen LogP contribution is 2.42. The quantitative estimate of drug-likeness (QED) is 0.226. The summed E-state index contributed by atoms with van der Waals surface area (Å²) >= 11 is 6.29. The van der Waals surface area contributed by atoms with Crippen molar-refractivity contribution in [3.8, 4) is 0 Å². The van der Waals surface area contributed by atoms with Crippen molar-refractivity contribution in [1.29, 1.82) is 0 Å². The maximum atomic E-state index is 13.5. The molecule has 2 aromatic carbocycles. The molecule has 0 unspecified atom stereocenters. The summed E-state index contributed by atoms with van der Waals surface area (Å²) < 4.78 is 7.16. The van der Waals surface area contributed by atoms with Crippen molar-refractivity contribution in [2.75, 3.05) is 35.8 Å². The van der Waals surface area contributed by atoms with Crippen LogP contribution in [0.15, 0.2) is 24.3 Å². The van der Waals surface area contributed by atoms with Crippen molar-refractivity contribution in [2.45, 2.75) is 47.0 Å². The van der Waals surface area contributed by atoms with Gasteiger partial charge in [0.1, 0.15) is 0 Å². The van der Waals surface area contributed by atoms with Gasteiger partial charge in [-0.25, -0.2) is 0 Å². The molecule has 2 rings (SSSR count). The number of halogens is 3. The van der Waals surface area contributed by atoms with Gasteiger partial charge in [0.2, 0.25) is 11.8 Å². The number of rotatable bonds is 10. The van der Waals surface area contributed by atoms with Crippen molar-refractivity contribution in [3.05, 3.63) is 46.1 Å².